The molecule has 0 atom stereocenters. The summed E-state index contributed by atoms with van der Waals surface area (Å²) in [5, 5.41) is 12.2. The van der Waals surface area contributed by atoms with Crippen molar-refractivity contribution in [3.63, 3.8) is 0 Å². The van der Waals surface area contributed by atoms with E-state index in [0.29, 0.717) is 23.0 Å². The van der Waals surface area contributed by atoms with E-state index >= 15 is 0 Å². The Balaban J connectivity index is 1.76. The second-order valence-electron chi connectivity index (χ2n) is 6.25. The minimum atomic E-state index is -0.487. The molecule has 30 heavy (non-hydrogen) atoms. The number of carbonyl (C=O) groups is 1. The first kappa shape index (κ1) is 19.0. The Morgan fingerprint density at radius 2 is 1.77 bits per heavy atom. The molecule has 150 valence electrons. The highest BCUT2D eigenvalue weighted by molar-refractivity contribution is 6.05. The summed E-state index contributed by atoms with van der Waals surface area (Å²) in [6, 6.07) is 12.6. The molecule has 0 aliphatic carbocycles. The molecule has 9 nitrogen and oxygen atoms in total. The Labute approximate surface area is 171 Å². The van der Waals surface area contributed by atoms with Crippen molar-refractivity contribution in [2.75, 3.05) is 26.6 Å². The van der Waals surface area contributed by atoms with E-state index in [0.717, 1.165) is 11.0 Å². The van der Waals surface area contributed by atoms with Gasteiger partial charge in [-0.25, -0.2) is 4.98 Å². The summed E-state index contributed by atoms with van der Waals surface area (Å²) in [5.74, 6) is 1.04. The molecule has 2 aromatic heterocycles. The molecule has 1 N–H and O–H groups in total. The number of imidazole rings is 1. The van der Waals surface area contributed by atoms with Gasteiger partial charge in [-0.15, -0.1) is 0 Å². The summed E-state index contributed by atoms with van der Waals surface area (Å²) < 4.78 is 17.6. The molecule has 4 aromatic rings. The third-order valence-corrected chi connectivity index (χ3v) is 4.58. The van der Waals surface area contributed by atoms with Gasteiger partial charge in [-0.1, -0.05) is 12.1 Å². The van der Waals surface area contributed by atoms with E-state index in [1.54, 1.807) is 10.6 Å². The zero-order valence-electron chi connectivity index (χ0n) is 16.5. The van der Waals surface area contributed by atoms with Crippen LogP contribution in [0.15, 0.2) is 42.6 Å². The van der Waals surface area contributed by atoms with Crippen LogP contribution in [0.3, 0.4) is 0 Å². The molecule has 1 amide bonds. The predicted octanol–water partition coefficient (Wildman–Crippen LogP) is 3.03. The average molecular weight is 403 g/mol. The second kappa shape index (κ2) is 7.60. The maximum Gasteiger partial charge on any atom is 0.257 e. The highest BCUT2D eigenvalue weighted by atomic mass is 16.5. The van der Waals surface area contributed by atoms with Gasteiger partial charge in [0.05, 0.1) is 32.4 Å². The van der Waals surface area contributed by atoms with Crippen molar-refractivity contribution < 1.29 is 19.0 Å². The summed E-state index contributed by atoms with van der Waals surface area (Å²) in [6.45, 7) is 0. The topological polar surface area (TPSA) is 111 Å². The number of hydrogen-bond acceptors (Lipinski definition) is 7. The maximum absolute atomic E-state index is 12.9. The molecule has 0 aliphatic rings. The number of nitriles is 1. The standard InChI is InChI=1S/C21H17N5O4/c1-28-16-8-12(9-17(29-2)18(16)30-3)20(27)24-19-13(10-22)11-26-15-7-5-4-6-14(15)23-21(26)25-19/h4-9,11H,1-3H3,(H,23,24,25,27). The van der Waals surface area contributed by atoms with Crippen molar-refractivity contribution in [3.8, 4) is 23.3 Å². The summed E-state index contributed by atoms with van der Waals surface area (Å²) >= 11 is 0. The number of para-hydroxylation sites is 2. The molecule has 2 heterocycles. The number of aromatic nitrogens is 3. The Hall–Kier alpha value is -4.32. The van der Waals surface area contributed by atoms with Crippen LogP contribution in [0.4, 0.5) is 5.82 Å². The Morgan fingerprint density at radius 3 is 2.40 bits per heavy atom. The molecule has 0 unspecified atom stereocenters. The van der Waals surface area contributed by atoms with E-state index in [1.165, 1.54) is 33.5 Å². The van der Waals surface area contributed by atoms with Crippen LogP contribution >= 0.6 is 0 Å². The van der Waals surface area contributed by atoms with Gasteiger partial charge in [0.25, 0.3) is 5.91 Å². The third kappa shape index (κ3) is 3.10. The van der Waals surface area contributed by atoms with Gasteiger partial charge in [-0.05, 0) is 24.3 Å². The zero-order valence-corrected chi connectivity index (χ0v) is 16.5. The summed E-state index contributed by atoms with van der Waals surface area (Å²) in [4.78, 5) is 21.7. The van der Waals surface area contributed by atoms with Crippen LogP contribution < -0.4 is 19.5 Å². The van der Waals surface area contributed by atoms with Gasteiger partial charge in [0.1, 0.15) is 11.6 Å². The van der Waals surface area contributed by atoms with E-state index < -0.39 is 5.91 Å². The molecule has 2 aromatic carbocycles. The molecule has 4 rings (SSSR count). The van der Waals surface area contributed by atoms with Crippen molar-refractivity contribution in [3.05, 3.63) is 53.7 Å². The van der Waals surface area contributed by atoms with Crippen LogP contribution in [0.2, 0.25) is 0 Å². The largest absolute Gasteiger partial charge is 0.493 e. The molecular formula is C21H17N5O4. The Kier molecular flexibility index (Phi) is 4.82. The highest BCUT2D eigenvalue weighted by Gasteiger charge is 2.19. The lowest BCUT2D eigenvalue weighted by Gasteiger charge is -2.14. The SMILES string of the molecule is COc1cc(C(=O)Nc2nc3nc4ccccc4n3cc2C#N)cc(OC)c1OC. The molecule has 0 radical (unpaired) electrons. The lowest BCUT2D eigenvalue weighted by atomic mass is 10.1. The fourth-order valence-electron chi connectivity index (χ4n) is 3.16. The van der Waals surface area contributed by atoms with Crippen LogP contribution in [0.25, 0.3) is 16.8 Å². The number of rotatable bonds is 5. The van der Waals surface area contributed by atoms with Crippen LogP contribution in [0.1, 0.15) is 15.9 Å². The van der Waals surface area contributed by atoms with Crippen LogP contribution in [-0.2, 0) is 0 Å². The number of nitrogens with one attached hydrogen (secondary N) is 1. The number of carbonyl (C=O) groups excluding carboxylic acids is 1. The molecule has 0 bridgehead atoms. The van der Waals surface area contributed by atoms with Crippen LogP contribution in [0.5, 0.6) is 17.2 Å². The lowest BCUT2D eigenvalue weighted by Crippen LogP contribution is -2.15. The summed E-state index contributed by atoms with van der Waals surface area (Å²) in [5.41, 5.74) is 2.01. The number of amides is 1. The van der Waals surface area contributed by atoms with Crippen molar-refractivity contribution in [2.24, 2.45) is 0 Å². The first-order valence-corrected chi connectivity index (χ1v) is 8.89. The van der Waals surface area contributed by atoms with Gasteiger partial charge in [0.15, 0.2) is 17.3 Å². The highest BCUT2D eigenvalue weighted by Crippen LogP contribution is 2.38. The molecule has 0 aliphatic heterocycles. The number of methoxy groups -OCH3 is 3. The molecule has 0 saturated carbocycles. The predicted molar refractivity (Wildman–Crippen MR) is 109 cm³/mol. The minimum absolute atomic E-state index is 0.110. The molecule has 9 heteroatoms. The first-order valence-electron chi connectivity index (χ1n) is 8.89. The van der Waals surface area contributed by atoms with Crippen molar-refractivity contribution in [1.82, 2.24) is 14.4 Å². The summed E-state index contributed by atoms with van der Waals surface area (Å²) in [7, 11) is 4.41. The van der Waals surface area contributed by atoms with Crippen LogP contribution in [0, 0.1) is 11.3 Å². The molecule has 0 saturated heterocycles. The van der Waals surface area contributed by atoms with E-state index in [-0.39, 0.29) is 16.9 Å². The smallest absolute Gasteiger partial charge is 0.257 e. The Morgan fingerprint density at radius 1 is 1.07 bits per heavy atom. The van der Waals surface area contributed by atoms with E-state index in [2.05, 4.69) is 21.4 Å². The Bertz CT molecular complexity index is 1300. The molecule has 0 fully saturated rings. The average Bonchev–Trinajstić information content (AvgIpc) is 3.14. The van der Waals surface area contributed by atoms with Gasteiger partial charge in [0, 0.05) is 11.8 Å². The minimum Gasteiger partial charge on any atom is -0.493 e. The number of ether oxygens (including phenoxy) is 3. The zero-order chi connectivity index (χ0) is 21.3. The third-order valence-electron chi connectivity index (χ3n) is 4.58. The second-order valence-corrected chi connectivity index (χ2v) is 6.25. The van der Waals surface area contributed by atoms with E-state index in [9.17, 15) is 10.1 Å². The first-order chi connectivity index (χ1) is 14.6. The molecule has 0 spiro atoms. The van der Waals surface area contributed by atoms with Crippen LogP contribution in [-0.4, -0.2) is 41.6 Å². The fourth-order valence-corrected chi connectivity index (χ4v) is 3.16. The van der Waals surface area contributed by atoms with Crippen molar-refractivity contribution in [2.45, 2.75) is 0 Å². The lowest BCUT2D eigenvalue weighted by molar-refractivity contribution is 0.102. The van der Waals surface area contributed by atoms with Gasteiger partial charge in [-0.2, -0.15) is 10.2 Å². The number of fused-ring (bicyclic) bond motifs is 3. The fraction of sp³-hybridized carbons (Fsp3) is 0.143. The van der Waals surface area contributed by atoms with E-state index in [1.807, 2.05) is 24.3 Å². The van der Waals surface area contributed by atoms with Gasteiger partial charge in [-0.3, -0.25) is 9.20 Å². The number of hydrogen-bond donors (Lipinski definition) is 1. The summed E-state index contributed by atoms with van der Waals surface area (Å²) in [6.07, 6.45) is 1.60. The number of anilines is 1. The maximum atomic E-state index is 12.9. The van der Waals surface area contributed by atoms with Gasteiger partial charge < -0.3 is 19.5 Å². The normalized spacial score (nSPS) is 10.6. The quantitative estimate of drug-likeness (QED) is 0.545. The van der Waals surface area contributed by atoms with Gasteiger partial charge >= 0.3 is 0 Å². The monoisotopic (exact) mass is 403 g/mol. The number of benzene rings is 2. The van der Waals surface area contributed by atoms with Gasteiger partial charge in [0.2, 0.25) is 11.5 Å². The van der Waals surface area contributed by atoms with Crippen molar-refractivity contribution >= 4 is 28.5 Å². The molecular weight excluding hydrogens is 386 g/mol. The van der Waals surface area contributed by atoms with E-state index in [4.69, 9.17) is 14.2 Å². The van der Waals surface area contributed by atoms with Crippen molar-refractivity contribution in [1.29, 1.82) is 5.26 Å². The number of nitrogens with zero attached hydrogens (tertiary/aromatic N) is 4.